The van der Waals surface area contributed by atoms with Crippen molar-refractivity contribution in [1.29, 1.82) is 0 Å². The lowest BCUT2D eigenvalue weighted by Gasteiger charge is -2.43. The minimum Gasteiger partial charge on any atom is -0.496 e. The van der Waals surface area contributed by atoms with E-state index in [2.05, 4.69) is 4.90 Å². The van der Waals surface area contributed by atoms with Crippen molar-refractivity contribution in [2.75, 3.05) is 31.6 Å². The van der Waals surface area contributed by atoms with Crippen molar-refractivity contribution in [2.45, 2.75) is 12.5 Å². The van der Waals surface area contributed by atoms with Gasteiger partial charge in [-0.15, -0.1) is 0 Å². The van der Waals surface area contributed by atoms with Crippen LogP contribution in [0.3, 0.4) is 0 Å². The maximum absolute atomic E-state index is 13.2. The second kappa shape index (κ2) is 10.0. The normalized spacial score (nSPS) is 16.2. The number of hydrogen-bond donors (Lipinski definition) is 0. The summed E-state index contributed by atoms with van der Waals surface area (Å²) in [6.45, 7) is 1.78. The molecular weight excluding hydrogens is 467 g/mol. The molecule has 0 spiro atoms. The van der Waals surface area contributed by atoms with Crippen LogP contribution in [-0.2, 0) is 11.2 Å². The van der Waals surface area contributed by atoms with E-state index in [0.717, 1.165) is 22.6 Å². The maximum Gasteiger partial charge on any atom is 0.227 e. The Morgan fingerprint density at radius 1 is 0.969 bits per heavy atom. The first-order valence-electron chi connectivity index (χ1n) is 10.3. The van der Waals surface area contributed by atoms with E-state index in [4.69, 9.17) is 39.5 Å². The molecule has 1 aliphatic rings. The first-order chi connectivity index (χ1) is 15.5. The summed E-state index contributed by atoms with van der Waals surface area (Å²) in [5.41, 5.74) is 2.84. The second-order valence-electron chi connectivity index (χ2n) is 7.68. The van der Waals surface area contributed by atoms with Crippen molar-refractivity contribution in [3.63, 3.8) is 0 Å². The zero-order chi connectivity index (χ0) is 22.7. The lowest BCUT2D eigenvalue weighted by Crippen LogP contribution is -2.51. The van der Waals surface area contributed by atoms with Crippen LogP contribution in [0.2, 0.25) is 15.1 Å². The molecule has 1 unspecified atom stereocenters. The van der Waals surface area contributed by atoms with Crippen molar-refractivity contribution in [1.82, 2.24) is 4.90 Å². The van der Waals surface area contributed by atoms with Crippen molar-refractivity contribution in [3.05, 3.63) is 92.9 Å². The molecule has 1 amide bonds. The molecule has 166 valence electrons. The van der Waals surface area contributed by atoms with Gasteiger partial charge in [0.1, 0.15) is 5.75 Å². The van der Waals surface area contributed by atoms with Crippen molar-refractivity contribution in [3.8, 4) is 5.75 Å². The van der Waals surface area contributed by atoms with Gasteiger partial charge in [-0.3, -0.25) is 4.79 Å². The highest BCUT2D eigenvalue weighted by Crippen LogP contribution is 2.37. The molecule has 3 aromatic rings. The molecule has 0 aromatic heterocycles. The molecule has 1 fully saturated rings. The fourth-order valence-electron chi connectivity index (χ4n) is 4.11. The molecule has 0 bridgehead atoms. The number of halogens is 3. The lowest BCUT2D eigenvalue weighted by molar-refractivity contribution is -0.131. The molecule has 3 aromatic carbocycles. The molecule has 7 heteroatoms. The Balaban J connectivity index is 1.61. The van der Waals surface area contributed by atoms with E-state index < -0.39 is 0 Å². The average molecular weight is 490 g/mol. The third-order valence-electron chi connectivity index (χ3n) is 5.74. The van der Waals surface area contributed by atoms with Gasteiger partial charge >= 0.3 is 0 Å². The highest BCUT2D eigenvalue weighted by atomic mass is 35.5. The van der Waals surface area contributed by atoms with Crippen LogP contribution in [-0.4, -0.2) is 37.6 Å². The van der Waals surface area contributed by atoms with E-state index in [1.54, 1.807) is 13.2 Å². The lowest BCUT2D eigenvalue weighted by atomic mass is 10.0. The number of anilines is 1. The fraction of sp³-hybridized carbons (Fsp3) is 0.240. The Bertz CT molecular complexity index is 1100. The molecule has 0 radical (unpaired) electrons. The van der Waals surface area contributed by atoms with Gasteiger partial charge in [-0.25, -0.2) is 0 Å². The molecule has 1 saturated heterocycles. The minimum atomic E-state index is -0.0682. The number of piperazine rings is 1. The van der Waals surface area contributed by atoms with Crippen LogP contribution >= 0.6 is 34.8 Å². The molecule has 1 aliphatic heterocycles. The third kappa shape index (κ3) is 4.98. The Hall–Kier alpha value is -2.40. The number of amides is 1. The molecule has 32 heavy (non-hydrogen) atoms. The summed E-state index contributed by atoms with van der Waals surface area (Å²) < 4.78 is 5.42. The summed E-state index contributed by atoms with van der Waals surface area (Å²) in [5, 5.41) is 1.85. The van der Waals surface area contributed by atoms with Gasteiger partial charge in [0, 0.05) is 35.2 Å². The summed E-state index contributed by atoms with van der Waals surface area (Å²) in [6, 6.07) is 20.8. The number of ether oxygens (including phenoxy) is 1. The number of carbonyl (C=O) groups is 1. The highest BCUT2D eigenvalue weighted by molar-refractivity contribution is 6.36. The molecule has 1 atom stereocenters. The van der Waals surface area contributed by atoms with E-state index >= 15 is 0 Å². The van der Waals surface area contributed by atoms with Crippen LogP contribution in [0.25, 0.3) is 0 Å². The van der Waals surface area contributed by atoms with Gasteiger partial charge in [0.15, 0.2) is 0 Å². The first-order valence-corrected chi connectivity index (χ1v) is 11.5. The van der Waals surface area contributed by atoms with Crippen LogP contribution in [0, 0.1) is 0 Å². The number of rotatable bonds is 5. The Morgan fingerprint density at radius 3 is 2.41 bits per heavy atom. The van der Waals surface area contributed by atoms with E-state index in [0.29, 0.717) is 41.1 Å². The first kappa shape index (κ1) is 22.8. The Morgan fingerprint density at radius 2 is 1.69 bits per heavy atom. The van der Waals surface area contributed by atoms with Gasteiger partial charge < -0.3 is 14.5 Å². The number of nitrogens with zero attached hydrogens (tertiary/aromatic N) is 2. The average Bonchev–Trinajstić information content (AvgIpc) is 2.80. The predicted molar refractivity (Wildman–Crippen MR) is 131 cm³/mol. The SMILES string of the molecule is COc1ccccc1CC(=O)N1CCN(c2ccc(Cl)cc2Cl)C(c2ccc(Cl)cc2)C1. The van der Waals surface area contributed by atoms with Gasteiger partial charge in [0.2, 0.25) is 5.91 Å². The number of carbonyl (C=O) groups excluding carboxylic acids is 1. The summed E-state index contributed by atoms with van der Waals surface area (Å²) in [4.78, 5) is 17.3. The smallest absolute Gasteiger partial charge is 0.227 e. The summed E-state index contributed by atoms with van der Waals surface area (Å²) in [7, 11) is 1.62. The van der Waals surface area contributed by atoms with Crippen LogP contribution in [0.15, 0.2) is 66.7 Å². The zero-order valence-electron chi connectivity index (χ0n) is 17.6. The fourth-order valence-corrected chi connectivity index (χ4v) is 4.75. The largest absolute Gasteiger partial charge is 0.496 e. The predicted octanol–water partition coefficient (Wildman–Crippen LogP) is 6.29. The van der Waals surface area contributed by atoms with E-state index in [-0.39, 0.29) is 11.9 Å². The Labute approximate surface area is 203 Å². The van der Waals surface area contributed by atoms with Crippen LogP contribution < -0.4 is 9.64 Å². The number of hydrogen-bond acceptors (Lipinski definition) is 3. The molecule has 4 rings (SSSR count). The van der Waals surface area contributed by atoms with E-state index in [1.165, 1.54) is 0 Å². The second-order valence-corrected chi connectivity index (χ2v) is 8.96. The zero-order valence-corrected chi connectivity index (χ0v) is 19.9. The highest BCUT2D eigenvalue weighted by Gasteiger charge is 2.32. The van der Waals surface area contributed by atoms with Crippen molar-refractivity contribution in [2.24, 2.45) is 0 Å². The molecule has 0 aliphatic carbocycles. The minimum absolute atomic E-state index is 0.0651. The quantitative estimate of drug-likeness (QED) is 0.422. The van der Waals surface area contributed by atoms with Gasteiger partial charge in [-0.1, -0.05) is 65.1 Å². The summed E-state index contributed by atoms with van der Waals surface area (Å²) >= 11 is 18.8. The molecule has 4 nitrogen and oxygen atoms in total. The van der Waals surface area contributed by atoms with E-state index in [9.17, 15) is 4.79 Å². The standard InChI is InChI=1S/C25H23Cl3N2O2/c1-32-24-5-3-2-4-18(24)14-25(31)29-12-13-30(22-11-10-20(27)15-21(22)28)23(16-29)17-6-8-19(26)9-7-17/h2-11,15,23H,12-14,16H2,1H3. The number of methoxy groups -OCH3 is 1. The van der Waals surface area contributed by atoms with Crippen molar-refractivity contribution < 1.29 is 9.53 Å². The summed E-state index contributed by atoms with van der Waals surface area (Å²) in [6.07, 6.45) is 0.291. The van der Waals surface area contributed by atoms with Gasteiger partial charge in [-0.05, 0) is 42.0 Å². The van der Waals surface area contributed by atoms with Crippen LogP contribution in [0.1, 0.15) is 17.2 Å². The monoisotopic (exact) mass is 488 g/mol. The molecule has 0 saturated carbocycles. The topological polar surface area (TPSA) is 32.8 Å². The van der Waals surface area contributed by atoms with Gasteiger partial charge in [-0.2, -0.15) is 0 Å². The van der Waals surface area contributed by atoms with Gasteiger partial charge in [0.25, 0.3) is 0 Å². The Kier molecular flexibility index (Phi) is 7.14. The molecule has 0 N–H and O–H groups in total. The van der Waals surface area contributed by atoms with Crippen LogP contribution in [0.5, 0.6) is 5.75 Å². The van der Waals surface area contributed by atoms with Crippen molar-refractivity contribution >= 4 is 46.4 Å². The number of para-hydroxylation sites is 1. The van der Waals surface area contributed by atoms with Crippen LogP contribution in [0.4, 0.5) is 5.69 Å². The summed E-state index contributed by atoms with van der Waals surface area (Å²) in [5.74, 6) is 0.789. The number of benzene rings is 3. The van der Waals surface area contributed by atoms with E-state index in [1.807, 2.05) is 65.6 Å². The maximum atomic E-state index is 13.2. The third-order valence-corrected chi connectivity index (χ3v) is 6.53. The van der Waals surface area contributed by atoms with Gasteiger partial charge in [0.05, 0.1) is 30.3 Å². The molecule has 1 heterocycles. The molecular formula is C25H23Cl3N2O2.